The molecule has 1 aromatic rings. The zero-order chi connectivity index (χ0) is 20.6. The minimum Gasteiger partial charge on any atom is -0.481 e. The van der Waals surface area contributed by atoms with Crippen molar-refractivity contribution >= 4 is 11.8 Å². The maximum atomic E-state index is 12.9. The maximum Gasteiger partial charge on any atom is 0.263 e. The number of hydrogen-bond acceptors (Lipinski definition) is 4. The highest BCUT2D eigenvalue weighted by Gasteiger charge is 2.58. The smallest absolute Gasteiger partial charge is 0.263 e. The molecule has 4 rings (SSSR count). The van der Waals surface area contributed by atoms with Crippen LogP contribution >= 0.6 is 0 Å². The summed E-state index contributed by atoms with van der Waals surface area (Å²) in [5, 5.41) is 3.39. The van der Waals surface area contributed by atoms with Gasteiger partial charge in [0.2, 0.25) is 5.91 Å². The zero-order valence-electron chi connectivity index (χ0n) is 17.9. The van der Waals surface area contributed by atoms with Gasteiger partial charge in [-0.2, -0.15) is 0 Å². The molecule has 1 aromatic carbocycles. The van der Waals surface area contributed by atoms with Gasteiger partial charge in [0.15, 0.2) is 6.10 Å². The highest BCUT2D eigenvalue weighted by Crippen LogP contribution is 2.59. The van der Waals surface area contributed by atoms with E-state index in [4.69, 9.17) is 4.74 Å². The van der Waals surface area contributed by atoms with E-state index in [0.717, 1.165) is 43.7 Å². The molecule has 2 unspecified atom stereocenters. The molecular formula is C23H33N3O3. The minimum absolute atomic E-state index is 0.00155. The number of nitrogens with zero attached hydrogens (tertiary/aromatic N) is 2. The summed E-state index contributed by atoms with van der Waals surface area (Å²) in [5.74, 6) is 1.27. The molecule has 3 aliphatic rings. The summed E-state index contributed by atoms with van der Waals surface area (Å²) in [4.78, 5) is 29.6. The number of rotatable bonds is 4. The van der Waals surface area contributed by atoms with Crippen molar-refractivity contribution in [1.82, 2.24) is 15.1 Å². The van der Waals surface area contributed by atoms with Gasteiger partial charge in [-0.3, -0.25) is 9.59 Å². The first-order valence-corrected chi connectivity index (χ1v) is 10.9. The predicted molar refractivity (Wildman–Crippen MR) is 112 cm³/mol. The summed E-state index contributed by atoms with van der Waals surface area (Å²) in [7, 11) is 0. The van der Waals surface area contributed by atoms with Crippen molar-refractivity contribution in [3.05, 3.63) is 29.3 Å². The Morgan fingerprint density at radius 2 is 1.76 bits per heavy atom. The van der Waals surface area contributed by atoms with Gasteiger partial charge in [-0.25, -0.2) is 0 Å². The Labute approximate surface area is 173 Å². The predicted octanol–water partition coefficient (Wildman–Crippen LogP) is 2.13. The summed E-state index contributed by atoms with van der Waals surface area (Å²) in [6.07, 6.45) is 2.76. The molecule has 2 atom stereocenters. The van der Waals surface area contributed by atoms with Crippen LogP contribution in [0.2, 0.25) is 0 Å². The van der Waals surface area contributed by atoms with Crippen LogP contribution in [0.5, 0.6) is 5.75 Å². The van der Waals surface area contributed by atoms with Gasteiger partial charge < -0.3 is 19.9 Å². The van der Waals surface area contributed by atoms with Crippen LogP contribution in [0, 0.1) is 25.2 Å². The Morgan fingerprint density at radius 1 is 1.10 bits per heavy atom. The molecule has 0 aromatic heterocycles. The Kier molecular flexibility index (Phi) is 5.56. The Morgan fingerprint density at radius 3 is 2.41 bits per heavy atom. The number of nitrogens with one attached hydrogen (secondary N) is 1. The van der Waals surface area contributed by atoms with Crippen molar-refractivity contribution in [2.24, 2.45) is 11.3 Å². The first-order chi connectivity index (χ1) is 13.9. The number of piperidine rings is 1. The second-order valence-electron chi connectivity index (χ2n) is 9.05. The largest absolute Gasteiger partial charge is 0.481 e. The number of carbonyl (C=O) groups excluding carboxylic acids is 2. The fourth-order valence-electron chi connectivity index (χ4n) is 4.97. The molecule has 29 heavy (non-hydrogen) atoms. The normalized spacial score (nSPS) is 24.3. The van der Waals surface area contributed by atoms with Crippen LogP contribution in [0.25, 0.3) is 0 Å². The lowest BCUT2D eigenvalue weighted by molar-refractivity contribution is -0.144. The average Bonchev–Trinajstić information content (AvgIpc) is 3.42. The Balaban J connectivity index is 1.27. The third kappa shape index (κ3) is 4.13. The lowest BCUT2D eigenvalue weighted by atomic mass is 9.91. The Hall–Kier alpha value is -2.08. The standard InChI is InChI=1S/C23H33N3O3/c1-16-4-5-20(17(2)14-16)29-18(3)21(27)25-10-12-26(13-11-25)22(28)19-15-23(19)6-8-24-9-7-23/h4-5,14,18-19,24H,6-13,15H2,1-3H3. The highest BCUT2D eigenvalue weighted by molar-refractivity contribution is 5.84. The van der Waals surface area contributed by atoms with Crippen molar-refractivity contribution in [3.8, 4) is 5.75 Å². The summed E-state index contributed by atoms with van der Waals surface area (Å²) >= 11 is 0. The fraction of sp³-hybridized carbons (Fsp3) is 0.652. The van der Waals surface area contributed by atoms with Crippen molar-refractivity contribution < 1.29 is 14.3 Å². The van der Waals surface area contributed by atoms with Crippen LogP contribution in [0.1, 0.15) is 37.3 Å². The van der Waals surface area contributed by atoms with Crippen molar-refractivity contribution in [2.45, 2.75) is 46.1 Å². The van der Waals surface area contributed by atoms with E-state index in [1.165, 1.54) is 5.56 Å². The molecule has 1 spiro atoms. The number of benzene rings is 1. The molecular weight excluding hydrogens is 366 g/mol. The van der Waals surface area contributed by atoms with E-state index in [9.17, 15) is 9.59 Å². The van der Waals surface area contributed by atoms with E-state index in [1.54, 1.807) is 0 Å². The van der Waals surface area contributed by atoms with Gasteiger partial charge in [-0.15, -0.1) is 0 Å². The van der Waals surface area contributed by atoms with Crippen molar-refractivity contribution in [2.75, 3.05) is 39.3 Å². The molecule has 2 saturated heterocycles. The summed E-state index contributed by atoms with van der Waals surface area (Å²) < 4.78 is 5.94. The third-order valence-electron chi connectivity index (χ3n) is 6.97. The van der Waals surface area contributed by atoms with E-state index in [-0.39, 0.29) is 17.2 Å². The van der Waals surface area contributed by atoms with Crippen molar-refractivity contribution in [3.63, 3.8) is 0 Å². The number of carbonyl (C=O) groups is 2. The minimum atomic E-state index is -0.528. The third-order valence-corrected chi connectivity index (χ3v) is 6.97. The number of ether oxygens (including phenoxy) is 1. The van der Waals surface area contributed by atoms with E-state index in [0.29, 0.717) is 32.1 Å². The van der Waals surface area contributed by atoms with E-state index >= 15 is 0 Å². The lowest BCUT2D eigenvalue weighted by Crippen LogP contribution is -2.53. The maximum absolute atomic E-state index is 12.9. The molecule has 2 amide bonds. The summed E-state index contributed by atoms with van der Waals surface area (Å²) in [6.45, 7) is 10.4. The number of piperazine rings is 1. The molecule has 0 bridgehead atoms. The summed E-state index contributed by atoms with van der Waals surface area (Å²) in [6, 6.07) is 5.98. The van der Waals surface area contributed by atoms with Gasteiger partial charge in [-0.05, 0) is 70.2 Å². The molecule has 3 fully saturated rings. The SMILES string of the molecule is Cc1ccc(OC(C)C(=O)N2CCN(C(=O)C3CC34CCNCC4)CC2)c(C)c1. The van der Waals surface area contributed by atoms with Crippen LogP contribution < -0.4 is 10.1 Å². The van der Waals surface area contributed by atoms with Gasteiger partial charge in [-0.1, -0.05) is 17.7 Å². The fourth-order valence-corrected chi connectivity index (χ4v) is 4.97. The quantitative estimate of drug-likeness (QED) is 0.843. The molecule has 6 heteroatoms. The monoisotopic (exact) mass is 399 g/mol. The molecule has 1 N–H and O–H groups in total. The van der Waals surface area contributed by atoms with Gasteiger partial charge in [0, 0.05) is 32.1 Å². The van der Waals surface area contributed by atoms with Gasteiger partial charge in [0.25, 0.3) is 5.91 Å². The van der Waals surface area contributed by atoms with Gasteiger partial charge >= 0.3 is 0 Å². The first kappa shape index (κ1) is 20.2. The van der Waals surface area contributed by atoms with E-state index in [1.807, 2.05) is 42.7 Å². The van der Waals surface area contributed by atoms with Crippen LogP contribution in [0.4, 0.5) is 0 Å². The second kappa shape index (κ2) is 7.98. The molecule has 2 aliphatic heterocycles. The first-order valence-electron chi connectivity index (χ1n) is 10.9. The number of aryl methyl sites for hydroxylation is 2. The van der Waals surface area contributed by atoms with Gasteiger partial charge in [0.05, 0.1) is 0 Å². The number of amides is 2. The highest BCUT2D eigenvalue weighted by atomic mass is 16.5. The topological polar surface area (TPSA) is 61.9 Å². The molecule has 1 saturated carbocycles. The second-order valence-corrected chi connectivity index (χ2v) is 9.05. The summed E-state index contributed by atoms with van der Waals surface area (Å²) in [5.41, 5.74) is 2.48. The van der Waals surface area contributed by atoms with E-state index < -0.39 is 6.10 Å². The average molecular weight is 400 g/mol. The molecule has 1 aliphatic carbocycles. The van der Waals surface area contributed by atoms with Crippen LogP contribution in [-0.2, 0) is 9.59 Å². The zero-order valence-corrected chi connectivity index (χ0v) is 17.9. The molecule has 0 radical (unpaired) electrons. The molecule has 6 nitrogen and oxygen atoms in total. The van der Waals surface area contributed by atoms with Crippen LogP contribution in [0.3, 0.4) is 0 Å². The molecule has 158 valence electrons. The lowest BCUT2D eigenvalue weighted by Gasteiger charge is -2.36. The van der Waals surface area contributed by atoms with Crippen LogP contribution in [0.15, 0.2) is 18.2 Å². The Bertz CT molecular complexity index is 780. The van der Waals surface area contributed by atoms with Crippen molar-refractivity contribution in [1.29, 1.82) is 0 Å². The van der Waals surface area contributed by atoms with Crippen LogP contribution in [-0.4, -0.2) is 67.0 Å². The van der Waals surface area contributed by atoms with Gasteiger partial charge in [0.1, 0.15) is 5.75 Å². The van der Waals surface area contributed by atoms with E-state index in [2.05, 4.69) is 11.4 Å². The number of hydrogen-bond donors (Lipinski definition) is 1. The molecule has 2 heterocycles.